The van der Waals surface area contributed by atoms with E-state index in [1.807, 2.05) is 0 Å². The summed E-state index contributed by atoms with van der Waals surface area (Å²) in [6.07, 6.45) is 11.1. The molecule has 4 aliphatic rings. The Kier molecular flexibility index (Phi) is 8.42. The molecule has 6 aromatic carbocycles. The maximum absolute atomic E-state index is 3.18. The molecule has 0 nitrogen and oxygen atoms in total. The summed E-state index contributed by atoms with van der Waals surface area (Å²) in [5.41, 5.74) is 15.3. The van der Waals surface area contributed by atoms with Crippen molar-refractivity contribution in [2.75, 3.05) is 0 Å². The molecular weight excluding hydrogens is 802 g/mol. The fourth-order valence-electron chi connectivity index (χ4n) is 11.1. The van der Waals surface area contributed by atoms with Gasteiger partial charge in [0.1, 0.15) is 0 Å². The van der Waals surface area contributed by atoms with Gasteiger partial charge >= 0.3 is 285 Å². The van der Waals surface area contributed by atoms with Gasteiger partial charge in [-0.25, -0.2) is 0 Å². The van der Waals surface area contributed by atoms with Crippen LogP contribution in [0, 0.1) is 0 Å². The van der Waals surface area contributed by atoms with Gasteiger partial charge in [0.25, 0.3) is 0 Å². The first-order chi connectivity index (χ1) is 23.2. The summed E-state index contributed by atoms with van der Waals surface area (Å²) in [7, 11) is 0. The van der Waals surface area contributed by atoms with Gasteiger partial charge < -0.3 is 0 Å². The number of fused-ring (bicyclic) bond motifs is 5. The third kappa shape index (κ3) is 4.72. The van der Waals surface area contributed by atoms with Gasteiger partial charge in [-0.3, -0.25) is 0 Å². The summed E-state index contributed by atoms with van der Waals surface area (Å²) in [5, 5.41) is 5.38. The molecule has 49 heavy (non-hydrogen) atoms. The summed E-state index contributed by atoms with van der Waals surface area (Å²) in [6, 6.07) is 46.2. The number of hydrogen-bond donors (Lipinski definition) is 0. The van der Waals surface area contributed by atoms with Crippen LogP contribution in [0.4, 0.5) is 0 Å². The van der Waals surface area contributed by atoms with Gasteiger partial charge in [-0.05, 0) is 0 Å². The molecular formula is C46H42Cl2Hf. The monoisotopic (exact) mass is 844 g/mol. The van der Waals surface area contributed by atoms with E-state index in [2.05, 4.69) is 147 Å². The third-order valence-corrected chi connectivity index (χ3v) is 38.2. The Bertz CT molecular complexity index is 2150. The van der Waals surface area contributed by atoms with Crippen molar-refractivity contribution in [2.24, 2.45) is 0 Å². The van der Waals surface area contributed by atoms with Gasteiger partial charge in [-0.2, -0.15) is 0 Å². The molecule has 0 aromatic heterocycles. The Morgan fingerprint density at radius 1 is 0.449 bits per heavy atom. The van der Waals surface area contributed by atoms with Crippen molar-refractivity contribution in [3.05, 3.63) is 155 Å². The van der Waals surface area contributed by atoms with Gasteiger partial charge in [-0.1, -0.05) is 0 Å². The second-order valence-electron chi connectivity index (χ2n) is 14.8. The van der Waals surface area contributed by atoms with Crippen LogP contribution in [0.5, 0.6) is 0 Å². The molecule has 1 saturated carbocycles. The maximum atomic E-state index is 2.63. The van der Waals surface area contributed by atoms with E-state index in [4.69, 9.17) is 0 Å². The van der Waals surface area contributed by atoms with Crippen LogP contribution in [0.1, 0.15) is 69.1 Å². The summed E-state index contributed by atoms with van der Waals surface area (Å²) in [5.74, 6) is 0. The molecule has 10 rings (SSSR count). The zero-order valence-corrected chi connectivity index (χ0v) is 33.4. The topological polar surface area (TPSA) is 0 Å². The minimum atomic E-state index is -3.18. The van der Waals surface area contributed by atoms with Gasteiger partial charge in [0.05, 0.1) is 0 Å². The zero-order valence-electron chi connectivity index (χ0n) is 28.2. The van der Waals surface area contributed by atoms with Gasteiger partial charge in [-0.15, -0.1) is 24.8 Å². The van der Waals surface area contributed by atoms with Crippen molar-refractivity contribution in [3.8, 4) is 22.3 Å². The van der Waals surface area contributed by atoms with Crippen LogP contribution in [-0.4, -0.2) is 0 Å². The third-order valence-electron chi connectivity index (χ3n) is 12.7. The van der Waals surface area contributed by atoms with E-state index >= 15 is 0 Å². The van der Waals surface area contributed by atoms with E-state index in [1.54, 1.807) is 22.3 Å². The number of benzene rings is 6. The summed E-state index contributed by atoms with van der Waals surface area (Å²) < 4.78 is 3.33. The molecule has 0 N–H and O–H groups in total. The van der Waals surface area contributed by atoms with Crippen molar-refractivity contribution < 1.29 is 20.0 Å². The molecule has 2 fully saturated rings. The second kappa shape index (κ2) is 12.5. The van der Waals surface area contributed by atoms with Crippen molar-refractivity contribution in [1.82, 2.24) is 0 Å². The van der Waals surface area contributed by atoms with E-state index < -0.39 is 20.0 Å². The molecule has 1 aliphatic heterocycles. The second-order valence-corrected chi connectivity index (χ2v) is 31.5. The van der Waals surface area contributed by atoms with Crippen LogP contribution in [0.15, 0.2) is 132 Å². The molecule has 0 radical (unpaired) electrons. The normalized spacial score (nSPS) is 24.6. The fraction of sp³-hybridized carbons (Fsp3) is 0.217. The standard InChI is InChI=1S/2C20H15.C6H10.2ClH.Hf/c2*1-14-12-16-8-5-11-19(20(16)13-14)18-10-4-7-15-6-2-3-9-17(15)18;1-2-4-6-5-3-1;;;/h2*2-13H,1H3;1-2H,3-6H2;2*1H;. The molecule has 1 heterocycles. The Hall–Kier alpha value is -3.23. The Morgan fingerprint density at radius 3 is 1.31 bits per heavy atom. The van der Waals surface area contributed by atoms with E-state index in [9.17, 15) is 0 Å². The number of halogens is 2. The van der Waals surface area contributed by atoms with Crippen molar-refractivity contribution >= 4 is 58.5 Å². The van der Waals surface area contributed by atoms with E-state index in [0.29, 0.717) is 7.35 Å². The predicted molar refractivity (Wildman–Crippen MR) is 212 cm³/mol. The Morgan fingerprint density at radius 2 is 0.837 bits per heavy atom. The Balaban J connectivity index is 0.00000174. The Labute approximate surface area is 307 Å². The van der Waals surface area contributed by atoms with Crippen molar-refractivity contribution in [2.45, 2.75) is 54.2 Å². The quantitative estimate of drug-likeness (QED) is 0.155. The first kappa shape index (κ1) is 32.9. The number of hydrogen-bond acceptors (Lipinski definition) is 0. The van der Waals surface area contributed by atoms with Crippen LogP contribution in [0.2, 0.25) is 7.35 Å². The molecule has 4 unspecified atom stereocenters. The fourth-order valence-corrected chi connectivity index (χ4v) is 46.5. The molecule has 3 heteroatoms. The smallest absolute Gasteiger partial charge is 0.147 e. The van der Waals surface area contributed by atoms with Crippen LogP contribution >= 0.6 is 24.8 Å². The average Bonchev–Trinajstić information content (AvgIpc) is 3.42. The van der Waals surface area contributed by atoms with Gasteiger partial charge in [0.2, 0.25) is 0 Å². The molecule has 244 valence electrons. The minimum Gasteiger partial charge on any atom is -0.147 e. The molecule has 3 aliphatic carbocycles. The molecule has 0 bridgehead atoms. The summed E-state index contributed by atoms with van der Waals surface area (Å²) >= 11 is -3.18. The molecule has 0 spiro atoms. The first-order valence-corrected chi connectivity index (χ1v) is 26.0. The number of rotatable bonds is 4. The predicted octanol–water partition coefficient (Wildman–Crippen LogP) is 14.1. The minimum absolute atomic E-state index is 0. The average molecular weight is 844 g/mol. The maximum Gasteiger partial charge on any atom is -0.147 e. The molecule has 0 amide bonds. The van der Waals surface area contributed by atoms with Crippen LogP contribution < -0.4 is 0 Å². The van der Waals surface area contributed by atoms with Gasteiger partial charge in [0.15, 0.2) is 0 Å². The van der Waals surface area contributed by atoms with Crippen molar-refractivity contribution in [3.63, 3.8) is 0 Å². The molecule has 1 saturated heterocycles. The summed E-state index contributed by atoms with van der Waals surface area (Å²) in [4.78, 5) is 0. The van der Waals surface area contributed by atoms with Crippen LogP contribution in [0.25, 0.3) is 56.0 Å². The summed E-state index contributed by atoms with van der Waals surface area (Å²) in [6.45, 7) is 5.01. The zero-order chi connectivity index (χ0) is 31.3. The van der Waals surface area contributed by atoms with E-state index in [0.717, 1.165) is 7.35 Å². The van der Waals surface area contributed by atoms with Crippen LogP contribution in [-0.2, 0) is 20.0 Å². The molecule has 6 aromatic rings. The van der Waals surface area contributed by atoms with Crippen LogP contribution in [0.3, 0.4) is 0 Å². The largest absolute Gasteiger partial charge is 0.147 e. The SMILES string of the molecule is CC1=Cc2c(-c3cccc4ccccc34)cccc2[CH]1[Hf]1([CH]2C(C)=Cc3c(-c4cccc5ccccc45)cccc32)[CH]2CCCC[CH]21.Cl.Cl. The van der Waals surface area contributed by atoms with E-state index in [-0.39, 0.29) is 24.8 Å². The number of allylic oxidation sites excluding steroid dienone is 2. The molecule has 4 atom stereocenters. The van der Waals surface area contributed by atoms with E-state index in [1.165, 1.54) is 80.6 Å². The van der Waals surface area contributed by atoms with Crippen molar-refractivity contribution in [1.29, 1.82) is 0 Å². The van der Waals surface area contributed by atoms with Gasteiger partial charge in [0, 0.05) is 0 Å². The first-order valence-electron chi connectivity index (χ1n) is 17.7.